The second kappa shape index (κ2) is 7.41. The molecule has 114 valence electrons. The fourth-order valence-electron chi connectivity index (χ4n) is 2.42. The molecule has 0 unspecified atom stereocenters. The molecule has 0 spiro atoms. The Morgan fingerprint density at radius 2 is 1.90 bits per heavy atom. The first-order valence-corrected chi connectivity index (χ1v) is 7.90. The number of nitrogens with one attached hydrogen (secondary N) is 1. The first-order chi connectivity index (χ1) is 10.1. The Bertz CT molecular complexity index is 552. The van der Waals surface area contributed by atoms with Gasteiger partial charge in [-0.25, -0.2) is 0 Å². The third-order valence-corrected chi connectivity index (χ3v) is 3.51. The van der Waals surface area contributed by atoms with Gasteiger partial charge in [0.1, 0.15) is 0 Å². The topological polar surface area (TPSA) is 29.9 Å². The van der Waals surface area contributed by atoms with Crippen molar-refractivity contribution in [2.45, 2.75) is 47.2 Å². The highest BCUT2D eigenvalue weighted by Gasteiger charge is 2.10. The predicted octanol–water partition coefficient (Wildman–Crippen LogP) is 3.55. The normalized spacial score (nSPS) is 11.3. The zero-order valence-corrected chi connectivity index (χ0v) is 13.7. The van der Waals surface area contributed by atoms with Crippen LogP contribution in [-0.4, -0.2) is 16.3 Å². The monoisotopic (exact) mass is 285 g/mol. The minimum Gasteiger partial charge on any atom is -0.311 e. The maximum Gasteiger partial charge on any atom is 0.0765 e. The van der Waals surface area contributed by atoms with Crippen molar-refractivity contribution in [2.24, 2.45) is 5.92 Å². The highest BCUT2D eigenvalue weighted by Crippen LogP contribution is 2.14. The lowest BCUT2D eigenvalue weighted by Crippen LogP contribution is -2.13. The van der Waals surface area contributed by atoms with Gasteiger partial charge in [0.05, 0.1) is 5.69 Å². The van der Waals surface area contributed by atoms with Gasteiger partial charge in [-0.15, -0.1) is 0 Å². The van der Waals surface area contributed by atoms with Gasteiger partial charge < -0.3 is 5.32 Å². The molecule has 21 heavy (non-hydrogen) atoms. The summed E-state index contributed by atoms with van der Waals surface area (Å²) in [5, 5.41) is 8.11. The summed E-state index contributed by atoms with van der Waals surface area (Å²) in [6.45, 7) is 11.5. The molecule has 1 N–H and O–H groups in total. The van der Waals surface area contributed by atoms with Gasteiger partial charge in [-0.3, -0.25) is 4.68 Å². The largest absolute Gasteiger partial charge is 0.311 e. The molecule has 0 saturated heterocycles. The maximum absolute atomic E-state index is 4.76. The third-order valence-electron chi connectivity index (χ3n) is 3.51. The summed E-state index contributed by atoms with van der Waals surface area (Å²) >= 11 is 0. The van der Waals surface area contributed by atoms with Crippen LogP contribution in [0.4, 0.5) is 0 Å². The summed E-state index contributed by atoms with van der Waals surface area (Å²) in [4.78, 5) is 0. The van der Waals surface area contributed by atoms with E-state index in [1.807, 2.05) is 0 Å². The molecule has 0 aliphatic rings. The molecule has 1 aromatic heterocycles. The average molecular weight is 285 g/mol. The summed E-state index contributed by atoms with van der Waals surface area (Å²) in [7, 11) is 0. The molecule has 0 fully saturated rings. The summed E-state index contributed by atoms with van der Waals surface area (Å²) in [5.74, 6) is 0.605. The Kier molecular flexibility index (Phi) is 5.57. The fraction of sp³-hybridized carbons (Fsp3) is 0.500. The number of aromatic nitrogens is 2. The van der Waals surface area contributed by atoms with E-state index in [4.69, 9.17) is 5.10 Å². The van der Waals surface area contributed by atoms with Gasteiger partial charge in [0.15, 0.2) is 0 Å². The molecule has 1 aromatic carbocycles. The number of hydrogen-bond acceptors (Lipinski definition) is 2. The van der Waals surface area contributed by atoms with Crippen LogP contribution in [0.5, 0.6) is 0 Å². The van der Waals surface area contributed by atoms with Crippen molar-refractivity contribution >= 4 is 0 Å². The van der Waals surface area contributed by atoms with E-state index in [1.54, 1.807) is 0 Å². The molecular weight excluding hydrogens is 258 g/mol. The Labute approximate surface area is 128 Å². The molecule has 0 radical (unpaired) electrons. The van der Waals surface area contributed by atoms with Gasteiger partial charge >= 0.3 is 0 Å². The second-order valence-electron chi connectivity index (χ2n) is 6.15. The maximum atomic E-state index is 4.76. The van der Waals surface area contributed by atoms with Crippen molar-refractivity contribution < 1.29 is 0 Å². The summed E-state index contributed by atoms with van der Waals surface area (Å²) in [6.07, 6.45) is 0.951. The molecule has 2 aromatic rings. The van der Waals surface area contributed by atoms with Crippen LogP contribution in [0, 0.1) is 12.8 Å². The first-order valence-electron chi connectivity index (χ1n) is 7.90. The van der Waals surface area contributed by atoms with Crippen molar-refractivity contribution in [2.75, 3.05) is 6.54 Å². The fourth-order valence-corrected chi connectivity index (χ4v) is 2.42. The lowest BCUT2D eigenvalue weighted by molar-refractivity contribution is 0.467. The van der Waals surface area contributed by atoms with Crippen LogP contribution < -0.4 is 5.32 Å². The van der Waals surface area contributed by atoms with E-state index in [-0.39, 0.29) is 0 Å². The van der Waals surface area contributed by atoms with Crippen molar-refractivity contribution in [1.29, 1.82) is 0 Å². The summed E-state index contributed by atoms with van der Waals surface area (Å²) in [6, 6.07) is 11.0. The number of benzene rings is 1. The smallest absolute Gasteiger partial charge is 0.0765 e. The molecule has 0 amide bonds. The lowest BCUT2D eigenvalue weighted by Gasteiger charge is -2.10. The Morgan fingerprint density at radius 3 is 2.52 bits per heavy atom. The highest BCUT2D eigenvalue weighted by atomic mass is 15.3. The van der Waals surface area contributed by atoms with Crippen molar-refractivity contribution in [3.63, 3.8) is 0 Å². The zero-order valence-electron chi connectivity index (χ0n) is 13.7. The molecule has 0 aliphatic heterocycles. The van der Waals surface area contributed by atoms with Crippen LogP contribution in [0.1, 0.15) is 43.3 Å². The van der Waals surface area contributed by atoms with Gasteiger partial charge in [0.2, 0.25) is 0 Å². The summed E-state index contributed by atoms with van der Waals surface area (Å²) in [5.41, 5.74) is 5.10. The van der Waals surface area contributed by atoms with E-state index in [1.165, 1.54) is 16.8 Å². The second-order valence-corrected chi connectivity index (χ2v) is 6.15. The van der Waals surface area contributed by atoms with Crippen LogP contribution in [0.15, 0.2) is 30.3 Å². The van der Waals surface area contributed by atoms with Crippen LogP contribution in [0.25, 0.3) is 0 Å². The van der Waals surface area contributed by atoms with E-state index in [2.05, 4.69) is 68.0 Å². The Balaban J connectivity index is 2.18. The van der Waals surface area contributed by atoms with E-state index in [9.17, 15) is 0 Å². The quantitative estimate of drug-likeness (QED) is 0.843. The highest BCUT2D eigenvalue weighted by molar-refractivity contribution is 5.26. The third kappa shape index (κ3) is 4.71. The molecule has 0 atom stereocenters. The summed E-state index contributed by atoms with van der Waals surface area (Å²) < 4.78 is 2.18. The average Bonchev–Trinajstić information content (AvgIpc) is 2.80. The minimum absolute atomic E-state index is 0.605. The number of aryl methyl sites for hydroxylation is 1. The molecule has 0 saturated carbocycles. The van der Waals surface area contributed by atoms with Crippen LogP contribution in [0.3, 0.4) is 0 Å². The van der Waals surface area contributed by atoms with Gasteiger partial charge in [0.25, 0.3) is 0 Å². The molecular formula is C18H27N3. The van der Waals surface area contributed by atoms with Gasteiger partial charge in [-0.2, -0.15) is 5.10 Å². The van der Waals surface area contributed by atoms with Crippen molar-refractivity contribution in [3.05, 3.63) is 52.8 Å². The standard InChI is InChI=1S/C18H27N3/c1-5-19-12-17-11-18(21(20-17)13-14(2)3)10-16-8-6-15(4)7-9-16/h6-9,11,14,19H,5,10,12-13H2,1-4H3. The molecule has 0 aliphatic carbocycles. The molecule has 3 nitrogen and oxygen atoms in total. The van der Waals surface area contributed by atoms with E-state index >= 15 is 0 Å². The molecule has 3 heteroatoms. The van der Waals surface area contributed by atoms with Gasteiger partial charge in [-0.05, 0) is 31.0 Å². The van der Waals surface area contributed by atoms with E-state index in [0.717, 1.165) is 31.7 Å². The predicted molar refractivity (Wildman–Crippen MR) is 88.4 cm³/mol. The van der Waals surface area contributed by atoms with Crippen molar-refractivity contribution in [3.8, 4) is 0 Å². The van der Waals surface area contributed by atoms with Crippen molar-refractivity contribution in [1.82, 2.24) is 15.1 Å². The van der Waals surface area contributed by atoms with E-state index < -0.39 is 0 Å². The Morgan fingerprint density at radius 1 is 1.19 bits per heavy atom. The lowest BCUT2D eigenvalue weighted by atomic mass is 10.1. The molecule has 2 rings (SSSR count). The first kappa shape index (κ1) is 15.8. The zero-order chi connectivity index (χ0) is 15.2. The molecule has 1 heterocycles. The number of rotatable bonds is 7. The SMILES string of the molecule is CCNCc1cc(Cc2ccc(C)cc2)n(CC(C)C)n1. The number of nitrogens with zero attached hydrogens (tertiary/aromatic N) is 2. The molecule has 0 bridgehead atoms. The Hall–Kier alpha value is -1.61. The van der Waals surface area contributed by atoms with Crippen LogP contribution in [0.2, 0.25) is 0 Å². The number of hydrogen-bond donors (Lipinski definition) is 1. The van der Waals surface area contributed by atoms with Gasteiger partial charge in [0, 0.05) is 25.2 Å². The van der Waals surface area contributed by atoms with Gasteiger partial charge in [-0.1, -0.05) is 50.6 Å². The van der Waals surface area contributed by atoms with E-state index in [0.29, 0.717) is 5.92 Å². The van der Waals surface area contributed by atoms with Crippen LogP contribution in [-0.2, 0) is 19.5 Å². The van der Waals surface area contributed by atoms with Crippen LogP contribution >= 0.6 is 0 Å². The minimum atomic E-state index is 0.605.